The molecular weight excluding hydrogens is 250 g/mol. The van der Waals surface area contributed by atoms with Gasteiger partial charge in [-0.05, 0) is 12.1 Å². The summed E-state index contributed by atoms with van der Waals surface area (Å²) < 4.78 is 10.6. The minimum absolute atomic E-state index is 0.110. The molecule has 0 radical (unpaired) electrons. The van der Waals surface area contributed by atoms with Gasteiger partial charge in [0, 0.05) is 18.4 Å². The van der Waals surface area contributed by atoms with Crippen LogP contribution in [-0.2, 0) is 6.42 Å². The van der Waals surface area contributed by atoms with Gasteiger partial charge >= 0.3 is 0 Å². The Hall–Kier alpha value is -1.59. The molecule has 1 N–H and O–H groups in total. The van der Waals surface area contributed by atoms with Gasteiger partial charge in [0.15, 0.2) is 11.5 Å². The molecule has 0 fully saturated rings. The van der Waals surface area contributed by atoms with Crippen molar-refractivity contribution in [3.8, 4) is 22.1 Å². The fourth-order valence-corrected chi connectivity index (χ4v) is 2.59. The van der Waals surface area contributed by atoms with E-state index in [2.05, 4.69) is 4.98 Å². The summed E-state index contributed by atoms with van der Waals surface area (Å²) in [6.07, 6.45) is 0.572. The zero-order valence-corrected chi connectivity index (χ0v) is 11.2. The lowest BCUT2D eigenvalue weighted by Gasteiger charge is -2.10. The number of aliphatic hydroxyl groups is 1. The third kappa shape index (κ3) is 2.47. The first-order chi connectivity index (χ1) is 8.80. The average molecular weight is 265 g/mol. The summed E-state index contributed by atoms with van der Waals surface area (Å²) in [5, 5.41) is 11.7. The zero-order valence-electron chi connectivity index (χ0n) is 10.3. The van der Waals surface area contributed by atoms with Gasteiger partial charge in [-0.2, -0.15) is 0 Å². The second kappa shape index (κ2) is 5.84. The van der Waals surface area contributed by atoms with Crippen molar-refractivity contribution in [2.24, 2.45) is 0 Å². The van der Waals surface area contributed by atoms with E-state index in [-0.39, 0.29) is 6.61 Å². The van der Waals surface area contributed by atoms with Crippen molar-refractivity contribution < 1.29 is 14.6 Å². The van der Waals surface area contributed by atoms with Crippen LogP contribution in [-0.4, -0.2) is 30.9 Å². The summed E-state index contributed by atoms with van der Waals surface area (Å²) in [4.78, 5) is 4.48. The predicted molar refractivity (Wildman–Crippen MR) is 71.4 cm³/mol. The topological polar surface area (TPSA) is 51.6 Å². The molecule has 0 saturated heterocycles. The van der Waals surface area contributed by atoms with Crippen LogP contribution in [0.2, 0.25) is 0 Å². The molecule has 0 aliphatic heterocycles. The zero-order chi connectivity index (χ0) is 13.0. The largest absolute Gasteiger partial charge is 0.493 e. The van der Waals surface area contributed by atoms with Gasteiger partial charge in [-0.25, -0.2) is 4.98 Å². The number of thiazole rings is 1. The van der Waals surface area contributed by atoms with Crippen LogP contribution >= 0.6 is 11.3 Å². The Morgan fingerprint density at radius 2 is 2.11 bits per heavy atom. The molecule has 5 heteroatoms. The highest BCUT2D eigenvalue weighted by molar-refractivity contribution is 7.13. The molecule has 0 aliphatic rings. The fourth-order valence-electron chi connectivity index (χ4n) is 1.72. The number of aromatic nitrogens is 1. The van der Waals surface area contributed by atoms with Crippen LogP contribution in [0.4, 0.5) is 0 Å². The van der Waals surface area contributed by atoms with Crippen molar-refractivity contribution in [2.75, 3.05) is 20.8 Å². The highest BCUT2D eigenvalue weighted by Gasteiger charge is 2.14. The standard InChI is InChI=1S/C13H15NO3S/c1-16-11-5-3-4-10(12(11)17-2)13-14-9(6-7-15)8-18-13/h3-5,8,15H,6-7H2,1-2H3. The molecule has 0 saturated carbocycles. The van der Waals surface area contributed by atoms with Gasteiger partial charge in [-0.3, -0.25) is 0 Å². The molecule has 1 aromatic heterocycles. The first-order valence-electron chi connectivity index (χ1n) is 5.56. The molecule has 0 aliphatic carbocycles. The monoisotopic (exact) mass is 265 g/mol. The Morgan fingerprint density at radius 3 is 2.78 bits per heavy atom. The Kier molecular flexibility index (Phi) is 4.17. The van der Waals surface area contributed by atoms with Crippen LogP contribution in [0, 0.1) is 0 Å². The Bertz CT molecular complexity index is 525. The smallest absolute Gasteiger partial charge is 0.170 e. The molecule has 0 unspecified atom stereocenters. The van der Waals surface area contributed by atoms with Crippen molar-refractivity contribution in [1.82, 2.24) is 4.98 Å². The first-order valence-corrected chi connectivity index (χ1v) is 6.44. The van der Waals surface area contributed by atoms with Crippen LogP contribution < -0.4 is 9.47 Å². The maximum absolute atomic E-state index is 8.90. The number of para-hydroxylation sites is 1. The number of aliphatic hydroxyl groups excluding tert-OH is 1. The van der Waals surface area contributed by atoms with E-state index in [1.807, 2.05) is 23.6 Å². The van der Waals surface area contributed by atoms with Gasteiger partial charge in [-0.15, -0.1) is 11.3 Å². The van der Waals surface area contributed by atoms with Gasteiger partial charge in [0.25, 0.3) is 0 Å². The van der Waals surface area contributed by atoms with Crippen LogP contribution in [0.5, 0.6) is 11.5 Å². The number of ether oxygens (including phenoxy) is 2. The number of rotatable bonds is 5. The molecule has 0 amide bonds. The average Bonchev–Trinajstić information content (AvgIpc) is 2.86. The number of nitrogens with zero attached hydrogens (tertiary/aromatic N) is 1. The van der Waals surface area contributed by atoms with Gasteiger partial charge in [0.2, 0.25) is 0 Å². The summed E-state index contributed by atoms with van der Waals surface area (Å²) >= 11 is 1.53. The summed E-state index contributed by atoms with van der Waals surface area (Å²) in [5.41, 5.74) is 1.80. The van der Waals surface area contributed by atoms with Crippen molar-refractivity contribution >= 4 is 11.3 Å². The lowest BCUT2D eigenvalue weighted by Crippen LogP contribution is -1.94. The van der Waals surface area contributed by atoms with E-state index in [1.54, 1.807) is 14.2 Å². The predicted octanol–water partition coefficient (Wildman–Crippen LogP) is 2.36. The van der Waals surface area contributed by atoms with Crippen LogP contribution in [0.15, 0.2) is 23.6 Å². The number of hydrogen-bond acceptors (Lipinski definition) is 5. The Morgan fingerprint density at radius 1 is 1.28 bits per heavy atom. The molecule has 1 heterocycles. The number of benzene rings is 1. The van der Waals surface area contributed by atoms with Gasteiger partial charge in [0.05, 0.1) is 25.5 Å². The molecule has 0 spiro atoms. The Labute approximate surface area is 110 Å². The molecule has 2 aromatic rings. The maximum atomic E-state index is 8.90. The van der Waals surface area contributed by atoms with Crippen LogP contribution in [0.1, 0.15) is 5.69 Å². The third-order valence-corrected chi connectivity index (χ3v) is 3.48. The second-order valence-corrected chi connectivity index (χ2v) is 4.52. The van der Waals surface area contributed by atoms with Crippen molar-refractivity contribution in [3.05, 3.63) is 29.3 Å². The molecule has 1 aromatic carbocycles. The SMILES string of the molecule is COc1cccc(-c2nc(CCO)cs2)c1OC. The maximum Gasteiger partial charge on any atom is 0.170 e. The van der Waals surface area contributed by atoms with Crippen molar-refractivity contribution in [1.29, 1.82) is 0 Å². The number of methoxy groups -OCH3 is 2. The minimum atomic E-state index is 0.110. The molecule has 0 atom stereocenters. The highest BCUT2D eigenvalue weighted by Crippen LogP contribution is 2.38. The van der Waals surface area contributed by atoms with E-state index in [9.17, 15) is 0 Å². The molecule has 4 nitrogen and oxygen atoms in total. The van der Waals surface area contributed by atoms with E-state index >= 15 is 0 Å². The fraction of sp³-hybridized carbons (Fsp3) is 0.308. The molecular formula is C13H15NO3S. The van der Waals surface area contributed by atoms with E-state index in [4.69, 9.17) is 14.6 Å². The molecule has 18 heavy (non-hydrogen) atoms. The van der Waals surface area contributed by atoms with E-state index < -0.39 is 0 Å². The number of hydrogen-bond donors (Lipinski definition) is 1. The third-order valence-electron chi connectivity index (χ3n) is 2.55. The lowest BCUT2D eigenvalue weighted by molar-refractivity contribution is 0.298. The van der Waals surface area contributed by atoms with E-state index in [1.165, 1.54) is 11.3 Å². The summed E-state index contributed by atoms with van der Waals surface area (Å²) in [5.74, 6) is 1.37. The normalized spacial score (nSPS) is 10.4. The highest BCUT2D eigenvalue weighted by atomic mass is 32.1. The van der Waals surface area contributed by atoms with E-state index in [0.29, 0.717) is 17.9 Å². The van der Waals surface area contributed by atoms with Gasteiger partial charge in [0.1, 0.15) is 5.01 Å². The molecule has 0 bridgehead atoms. The Balaban J connectivity index is 2.42. The second-order valence-electron chi connectivity index (χ2n) is 3.66. The summed E-state index contributed by atoms with van der Waals surface area (Å²) in [6.45, 7) is 0.110. The summed E-state index contributed by atoms with van der Waals surface area (Å²) in [6, 6.07) is 5.71. The van der Waals surface area contributed by atoms with Crippen LogP contribution in [0.25, 0.3) is 10.6 Å². The lowest BCUT2D eigenvalue weighted by atomic mass is 10.2. The van der Waals surface area contributed by atoms with Crippen molar-refractivity contribution in [3.63, 3.8) is 0 Å². The van der Waals surface area contributed by atoms with Crippen molar-refractivity contribution in [2.45, 2.75) is 6.42 Å². The van der Waals surface area contributed by atoms with Gasteiger partial charge in [-0.1, -0.05) is 6.07 Å². The summed E-state index contributed by atoms with van der Waals surface area (Å²) in [7, 11) is 3.23. The molecule has 96 valence electrons. The van der Waals surface area contributed by atoms with Gasteiger partial charge < -0.3 is 14.6 Å². The quantitative estimate of drug-likeness (QED) is 0.901. The molecule has 2 rings (SSSR count). The van der Waals surface area contributed by atoms with Crippen LogP contribution in [0.3, 0.4) is 0 Å². The first kappa shape index (κ1) is 12.9. The minimum Gasteiger partial charge on any atom is -0.493 e. The van der Waals surface area contributed by atoms with E-state index in [0.717, 1.165) is 16.3 Å².